The maximum atomic E-state index is 4.25. The fraction of sp³-hybridized carbons (Fsp3) is 0.583. The molecule has 2 nitrogen and oxygen atoms in total. The molecular formula is C12H18N2S. The van der Waals surface area contributed by atoms with Crippen LogP contribution in [-0.2, 0) is 0 Å². The van der Waals surface area contributed by atoms with Crippen molar-refractivity contribution in [3.8, 4) is 0 Å². The first-order valence-corrected chi connectivity index (χ1v) is 6.54. The van der Waals surface area contributed by atoms with Gasteiger partial charge in [0.25, 0.3) is 0 Å². The number of aromatic nitrogens is 1. The summed E-state index contributed by atoms with van der Waals surface area (Å²) in [5, 5.41) is 0.715. The predicted octanol–water partition coefficient (Wildman–Crippen LogP) is 2.72. The lowest BCUT2D eigenvalue weighted by Gasteiger charge is -2.39. The van der Waals surface area contributed by atoms with Crippen LogP contribution in [0.15, 0.2) is 18.3 Å². The van der Waals surface area contributed by atoms with Crippen molar-refractivity contribution in [3.63, 3.8) is 0 Å². The molecule has 3 heteroatoms. The van der Waals surface area contributed by atoms with Crippen LogP contribution in [0.25, 0.3) is 0 Å². The minimum atomic E-state index is 0.616. The summed E-state index contributed by atoms with van der Waals surface area (Å²) in [7, 11) is 0. The van der Waals surface area contributed by atoms with Gasteiger partial charge in [-0.05, 0) is 26.0 Å². The fourth-order valence-corrected chi connectivity index (χ4v) is 3.11. The Balaban J connectivity index is 2.22. The molecule has 2 atom stereocenters. The Kier molecular flexibility index (Phi) is 3.19. The highest BCUT2D eigenvalue weighted by Crippen LogP contribution is 2.28. The summed E-state index contributed by atoms with van der Waals surface area (Å²) in [6.07, 6.45) is 1.91. The zero-order valence-electron chi connectivity index (χ0n) is 9.60. The van der Waals surface area contributed by atoms with E-state index in [2.05, 4.69) is 54.5 Å². The molecule has 0 bridgehead atoms. The maximum Gasteiger partial charge on any atom is 0.0402 e. The molecule has 2 heterocycles. The van der Waals surface area contributed by atoms with Crippen LogP contribution in [0.2, 0.25) is 0 Å². The monoisotopic (exact) mass is 222 g/mol. The van der Waals surface area contributed by atoms with Gasteiger partial charge in [0.2, 0.25) is 0 Å². The van der Waals surface area contributed by atoms with E-state index in [9.17, 15) is 0 Å². The van der Waals surface area contributed by atoms with Crippen molar-refractivity contribution < 1.29 is 0 Å². The molecule has 82 valence electrons. The van der Waals surface area contributed by atoms with E-state index >= 15 is 0 Å². The van der Waals surface area contributed by atoms with Crippen LogP contribution >= 0.6 is 11.8 Å². The summed E-state index contributed by atoms with van der Waals surface area (Å²) < 4.78 is 0. The van der Waals surface area contributed by atoms with Crippen LogP contribution in [0.4, 0.5) is 5.69 Å². The Morgan fingerprint density at radius 2 is 2.27 bits per heavy atom. The van der Waals surface area contributed by atoms with E-state index in [-0.39, 0.29) is 0 Å². The van der Waals surface area contributed by atoms with Crippen molar-refractivity contribution in [3.05, 3.63) is 24.0 Å². The van der Waals surface area contributed by atoms with Crippen LogP contribution in [0.1, 0.15) is 19.5 Å². The second-order valence-corrected chi connectivity index (χ2v) is 5.65. The fourth-order valence-electron chi connectivity index (χ4n) is 2.01. The van der Waals surface area contributed by atoms with E-state index in [0.717, 1.165) is 12.2 Å². The van der Waals surface area contributed by atoms with Gasteiger partial charge in [-0.1, -0.05) is 6.92 Å². The van der Waals surface area contributed by atoms with Crippen molar-refractivity contribution in [2.75, 3.05) is 17.2 Å². The second kappa shape index (κ2) is 4.44. The van der Waals surface area contributed by atoms with Gasteiger partial charge in [-0.2, -0.15) is 11.8 Å². The Bertz CT molecular complexity index is 340. The van der Waals surface area contributed by atoms with E-state index in [1.54, 1.807) is 0 Å². The van der Waals surface area contributed by atoms with Gasteiger partial charge in [-0.3, -0.25) is 4.98 Å². The van der Waals surface area contributed by atoms with Crippen molar-refractivity contribution in [1.82, 2.24) is 4.98 Å². The van der Waals surface area contributed by atoms with Crippen molar-refractivity contribution in [2.45, 2.75) is 32.1 Å². The Morgan fingerprint density at radius 3 is 3.00 bits per heavy atom. The summed E-state index contributed by atoms with van der Waals surface area (Å²) in [6, 6.07) is 4.91. The zero-order valence-corrected chi connectivity index (χ0v) is 10.4. The summed E-state index contributed by atoms with van der Waals surface area (Å²) >= 11 is 2.07. The Morgan fingerprint density at radius 1 is 1.47 bits per heavy atom. The molecule has 15 heavy (non-hydrogen) atoms. The van der Waals surface area contributed by atoms with Crippen molar-refractivity contribution in [2.24, 2.45) is 0 Å². The lowest BCUT2D eigenvalue weighted by molar-refractivity contribution is 0.627. The van der Waals surface area contributed by atoms with Gasteiger partial charge in [-0.15, -0.1) is 0 Å². The molecule has 1 aliphatic heterocycles. The van der Waals surface area contributed by atoms with E-state index in [1.165, 1.54) is 11.4 Å². The Hall–Kier alpha value is -0.700. The highest BCUT2D eigenvalue weighted by molar-refractivity contribution is 8.00. The molecule has 0 aliphatic carbocycles. The van der Waals surface area contributed by atoms with Crippen LogP contribution in [0.3, 0.4) is 0 Å². The highest BCUT2D eigenvalue weighted by Gasteiger charge is 2.25. The average molecular weight is 222 g/mol. The number of aryl methyl sites for hydroxylation is 1. The molecule has 1 aromatic heterocycles. The first-order valence-electron chi connectivity index (χ1n) is 5.49. The third-order valence-corrected chi connectivity index (χ3v) is 4.43. The van der Waals surface area contributed by atoms with Gasteiger partial charge in [0, 0.05) is 41.2 Å². The number of rotatable bonds is 1. The molecule has 2 unspecified atom stereocenters. The summed E-state index contributed by atoms with van der Waals surface area (Å²) in [4.78, 5) is 6.74. The molecule has 0 saturated carbocycles. The van der Waals surface area contributed by atoms with Crippen molar-refractivity contribution >= 4 is 17.4 Å². The average Bonchev–Trinajstić information content (AvgIpc) is 2.22. The third-order valence-electron chi connectivity index (χ3n) is 3.10. The van der Waals surface area contributed by atoms with Gasteiger partial charge in [0.15, 0.2) is 0 Å². The standard InChI is InChI=1S/C12H18N2S/c1-9-8-12(4-5-13-9)14-6-7-15-11(3)10(14)2/h4-5,8,10-11H,6-7H2,1-3H3. The molecule has 0 N–H and O–H groups in total. The molecule has 2 rings (SSSR count). The maximum absolute atomic E-state index is 4.25. The Labute approximate surface area is 96.1 Å². The van der Waals surface area contributed by atoms with Crippen LogP contribution < -0.4 is 4.90 Å². The van der Waals surface area contributed by atoms with Gasteiger partial charge in [0.1, 0.15) is 0 Å². The smallest absolute Gasteiger partial charge is 0.0402 e. The molecule has 0 spiro atoms. The molecule has 1 fully saturated rings. The zero-order chi connectivity index (χ0) is 10.8. The summed E-state index contributed by atoms with van der Waals surface area (Å²) in [6.45, 7) is 7.83. The van der Waals surface area contributed by atoms with Gasteiger partial charge < -0.3 is 4.90 Å². The molecule has 1 aliphatic rings. The number of nitrogens with zero attached hydrogens (tertiary/aromatic N) is 2. The van der Waals surface area contributed by atoms with E-state index < -0.39 is 0 Å². The predicted molar refractivity (Wildman–Crippen MR) is 67.7 cm³/mol. The lowest BCUT2D eigenvalue weighted by Crippen LogP contribution is -2.44. The molecule has 1 saturated heterocycles. The summed E-state index contributed by atoms with van der Waals surface area (Å²) in [5.41, 5.74) is 2.42. The van der Waals surface area contributed by atoms with Crippen LogP contribution in [0.5, 0.6) is 0 Å². The minimum absolute atomic E-state index is 0.616. The van der Waals surface area contributed by atoms with E-state index in [0.29, 0.717) is 11.3 Å². The second-order valence-electron chi connectivity index (χ2n) is 4.17. The van der Waals surface area contributed by atoms with Crippen LogP contribution in [-0.4, -0.2) is 28.6 Å². The third kappa shape index (κ3) is 2.28. The molecule has 0 amide bonds. The molecule has 1 aromatic rings. The molecular weight excluding hydrogens is 204 g/mol. The SMILES string of the molecule is Cc1cc(N2CCSC(C)C2C)ccn1. The number of hydrogen-bond donors (Lipinski definition) is 0. The number of hydrogen-bond acceptors (Lipinski definition) is 3. The topological polar surface area (TPSA) is 16.1 Å². The van der Waals surface area contributed by atoms with Gasteiger partial charge in [0.05, 0.1) is 0 Å². The number of pyridine rings is 1. The lowest BCUT2D eigenvalue weighted by atomic mass is 10.2. The largest absolute Gasteiger partial charge is 0.367 e. The molecule has 0 aromatic carbocycles. The normalized spacial score (nSPS) is 26.7. The minimum Gasteiger partial charge on any atom is -0.367 e. The van der Waals surface area contributed by atoms with Gasteiger partial charge >= 0.3 is 0 Å². The number of anilines is 1. The first kappa shape index (κ1) is 10.8. The van der Waals surface area contributed by atoms with Crippen LogP contribution in [0, 0.1) is 6.92 Å². The van der Waals surface area contributed by atoms with Gasteiger partial charge in [-0.25, -0.2) is 0 Å². The number of thioether (sulfide) groups is 1. The van der Waals surface area contributed by atoms with E-state index in [1.807, 2.05) is 6.20 Å². The quantitative estimate of drug-likeness (QED) is 0.727. The molecule has 0 radical (unpaired) electrons. The van der Waals surface area contributed by atoms with E-state index in [4.69, 9.17) is 0 Å². The highest BCUT2D eigenvalue weighted by atomic mass is 32.2. The van der Waals surface area contributed by atoms with Crippen molar-refractivity contribution in [1.29, 1.82) is 0 Å². The summed E-state index contributed by atoms with van der Waals surface area (Å²) in [5.74, 6) is 1.23. The first-order chi connectivity index (χ1) is 7.18.